The maximum Gasteiger partial charge on any atom is 0.104 e. The normalized spacial score (nSPS) is 26.8. The Hall–Kier alpha value is -0.590. The molecule has 0 aromatic rings. The van der Waals surface area contributed by atoms with Crippen LogP contribution in [0.3, 0.4) is 0 Å². The van der Waals surface area contributed by atoms with Crippen LogP contribution in [0.5, 0.6) is 0 Å². The summed E-state index contributed by atoms with van der Waals surface area (Å²) >= 11 is 0. The summed E-state index contributed by atoms with van der Waals surface area (Å²) in [5.74, 6) is 0.959. The molecule has 1 N–H and O–H groups in total. The van der Waals surface area contributed by atoms with Crippen molar-refractivity contribution >= 4 is 0 Å². The Kier molecular flexibility index (Phi) is 6.51. The van der Waals surface area contributed by atoms with Crippen molar-refractivity contribution in [1.29, 1.82) is 5.26 Å². The quantitative estimate of drug-likeness (QED) is 0.741. The summed E-state index contributed by atoms with van der Waals surface area (Å²) in [4.78, 5) is 2.63. The molecule has 0 amide bonds. The lowest BCUT2D eigenvalue weighted by Gasteiger charge is -2.26. The molecular weight excluding hydrogens is 258 g/mol. The van der Waals surface area contributed by atoms with Crippen molar-refractivity contribution in [2.75, 3.05) is 19.6 Å². The zero-order valence-corrected chi connectivity index (χ0v) is 14.0. The molecule has 2 unspecified atom stereocenters. The highest BCUT2D eigenvalue weighted by Crippen LogP contribution is 2.25. The Morgan fingerprint density at radius 1 is 1.24 bits per heavy atom. The van der Waals surface area contributed by atoms with Gasteiger partial charge < -0.3 is 4.90 Å². The number of hydrogen-bond donors (Lipinski definition) is 1. The summed E-state index contributed by atoms with van der Waals surface area (Å²) in [5.41, 5.74) is -0.308. The first-order chi connectivity index (χ1) is 10.1. The highest BCUT2D eigenvalue weighted by molar-refractivity contribution is 5.07. The fourth-order valence-corrected chi connectivity index (χ4v) is 3.64. The number of likely N-dealkylation sites (tertiary alicyclic amines) is 1. The van der Waals surface area contributed by atoms with Gasteiger partial charge in [0.1, 0.15) is 5.54 Å². The molecule has 1 saturated carbocycles. The summed E-state index contributed by atoms with van der Waals surface area (Å²) in [6.45, 7) is 8.08. The summed E-state index contributed by atoms with van der Waals surface area (Å²) in [6.07, 6.45) is 11.5. The molecular formula is C18H33N3. The molecule has 1 aliphatic heterocycles. The topological polar surface area (TPSA) is 39.1 Å². The fourth-order valence-electron chi connectivity index (χ4n) is 3.64. The summed E-state index contributed by atoms with van der Waals surface area (Å²) < 4.78 is 0. The van der Waals surface area contributed by atoms with Gasteiger partial charge in [-0.3, -0.25) is 5.32 Å². The van der Waals surface area contributed by atoms with Gasteiger partial charge in [0.05, 0.1) is 6.07 Å². The molecule has 1 saturated heterocycles. The van der Waals surface area contributed by atoms with E-state index >= 15 is 0 Å². The van der Waals surface area contributed by atoms with Gasteiger partial charge in [-0.2, -0.15) is 5.26 Å². The maximum atomic E-state index is 9.41. The molecule has 0 aromatic carbocycles. The van der Waals surface area contributed by atoms with Crippen molar-refractivity contribution in [2.24, 2.45) is 5.92 Å². The van der Waals surface area contributed by atoms with E-state index in [1.54, 1.807) is 0 Å². The van der Waals surface area contributed by atoms with Gasteiger partial charge in [-0.1, -0.05) is 19.8 Å². The van der Waals surface area contributed by atoms with Crippen molar-refractivity contribution in [3.63, 3.8) is 0 Å². The van der Waals surface area contributed by atoms with Crippen LogP contribution in [0.1, 0.15) is 71.6 Å². The van der Waals surface area contributed by atoms with Gasteiger partial charge >= 0.3 is 0 Å². The highest BCUT2D eigenvalue weighted by atomic mass is 15.1. The minimum atomic E-state index is -0.308. The Bertz CT molecular complexity index is 345. The number of nitrogens with one attached hydrogen (secondary N) is 1. The van der Waals surface area contributed by atoms with Crippen molar-refractivity contribution in [1.82, 2.24) is 10.2 Å². The molecule has 0 radical (unpaired) electrons. The molecule has 3 heteroatoms. The molecule has 1 aliphatic carbocycles. The Morgan fingerprint density at radius 3 is 2.71 bits per heavy atom. The van der Waals surface area contributed by atoms with E-state index in [-0.39, 0.29) is 5.54 Å². The lowest BCUT2D eigenvalue weighted by molar-refractivity contribution is 0.261. The number of rotatable bonds is 8. The van der Waals surface area contributed by atoms with Crippen LogP contribution < -0.4 is 5.32 Å². The molecule has 1 heterocycles. The predicted molar refractivity (Wildman–Crippen MR) is 88.1 cm³/mol. The second kappa shape index (κ2) is 8.15. The van der Waals surface area contributed by atoms with Crippen LogP contribution in [0, 0.1) is 17.2 Å². The standard InChI is InChI=1S/C18H33N3/c1-3-6-16-7-4-12-21(14-10-16)13-5-11-18(2,15-19)20-17-8-9-17/h16-17,20H,3-14H2,1-2H3. The third kappa shape index (κ3) is 5.96. The Labute approximate surface area is 131 Å². The van der Waals surface area contributed by atoms with E-state index in [1.807, 2.05) is 0 Å². The summed E-state index contributed by atoms with van der Waals surface area (Å²) in [7, 11) is 0. The molecule has 3 nitrogen and oxygen atoms in total. The number of nitriles is 1. The van der Waals surface area contributed by atoms with E-state index in [0.717, 1.165) is 18.8 Å². The van der Waals surface area contributed by atoms with E-state index in [0.29, 0.717) is 6.04 Å². The molecule has 120 valence electrons. The first-order valence-corrected chi connectivity index (χ1v) is 9.06. The minimum absolute atomic E-state index is 0.308. The van der Waals surface area contributed by atoms with Gasteiger partial charge in [-0.15, -0.1) is 0 Å². The fraction of sp³-hybridized carbons (Fsp3) is 0.944. The van der Waals surface area contributed by atoms with E-state index < -0.39 is 0 Å². The van der Waals surface area contributed by atoms with Gasteiger partial charge in [0, 0.05) is 6.04 Å². The monoisotopic (exact) mass is 291 g/mol. The second-order valence-electron chi connectivity index (χ2n) is 7.39. The van der Waals surface area contributed by atoms with Crippen LogP contribution in [0.25, 0.3) is 0 Å². The van der Waals surface area contributed by atoms with Crippen LogP contribution in [0.15, 0.2) is 0 Å². The summed E-state index contributed by atoms with van der Waals surface area (Å²) in [5, 5.41) is 12.9. The van der Waals surface area contributed by atoms with Crippen molar-refractivity contribution < 1.29 is 0 Å². The van der Waals surface area contributed by atoms with Crippen LogP contribution in [-0.4, -0.2) is 36.1 Å². The molecule has 2 rings (SSSR count). The van der Waals surface area contributed by atoms with E-state index in [2.05, 4.69) is 30.1 Å². The molecule has 2 aliphatic rings. The maximum absolute atomic E-state index is 9.41. The average molecular weight is 291 g/mol. The number of hydrogen-bond acceptors (Lipinski definition) is 3. The van der Waals surface area contributed by atoms with Gasteiger partial charge in [-0.25, -0.2) is 0 Å². The zero-order valence-electron chi connectivity index (χ0n) is 14.0. The van der Waals surface area contributed by atoms with Crippen LogP contribution >= 0.6 is 0 Å². The summed E-state index contributed by atoms with van der Waals surface area (Å²) in [6, 6.07) is 3.11. The number of nitrogens with zero attached hydrogens (tertiary/aromatic N) is 2. The van der Waals surface area contributed by atoms with Gasteiger partial charge in [0.15, 0.2) is 0 Å². The van der Waals surface area contributed by atoms with Crippen LogP contribution in [0.4, 0.5) is 0 Å². The third-order valence-electron chi connectivity index (χ3n) is 5.14. The van der Waals surface area contributed by atoms with E-state index in [9.17, 15) is 5.26 Å². The average Bonchev–Trinajstić information content (AvgIpc) is 3.28. The molecule has 0 spiro atoms. The Morgan fingerprint density at radius 2 is 2.05 bits per heavy atom. The smallest absolute Gasteiger partial charge is 0.104 e. The first-order valence-electron chi connectivity index (χ1n) is 9.06. The zero-order chi connectivity index (χ0) is 15.1. The molecule has 21 heavy (non-hydrogen) atoms. The lowest BCUT2D eigenvalue weighted by atomic mass is 9.96. The first kappa shape index (κ1) is 16.8. The van der Waals surface area contributed by atoms with Gasteiger partial charge in [0.2, 0.25) is 0 Å². The van der Waals surface area contributed by atoms with Gasteiger partial charge in [-0.05, 0) is 77.4 Å². The minimum Gasteiger partial charge on any atom is -0.303 e. The lowest BCUT2D eigenvalue weighted by Crippen LogP contribution is -2.43. The second-order valence-corrected chi connectivity index (χ2v) is 7.39. The van der Waals surface area contributed by atoms with Crippen LogP contribution in [0.2, 0.25) is 0 Å². The van der Waals surface area contributed by atoms with Crippen molar-refractivity contribution in [3.05, 3.63) is 0 Å². The van der Waals surface area contributed by atoms with E-state index in [1.165, 1.54) is 64.6 Å². The molecule has 0 aromatic heterocycles. The molecule has 0 bridgehead atoms. The molecule has 2 atom stereocenters. The van der Waals surface area contributed by atoms with Crippen molar-refractivity contribution in [2.45, 2.75) is 83.2 Å². The van der Waals surface area contributed by atoms with E-state index in [4.69, 9.17) is 0 Å². The van der Waals surface area contributed by atoms with Gasteiger partial charge in [0.25, 0.3) is 0 Å². The third-order valence-corrected chi connectivity index (χ3v) is 5.14. The molecule has 2 fully saturated rings. The Balaban J connectivity index is 1.66. The largest absolute Gasteiger partial charge is 0.303 e. The highest BCUT2D eigenvalue weighted by Gasteiger charge is 2.32. The van der Waals surface area contributed by atoms with Crippen LogP contribution in [-0.2, 0) is 0 Å². The predicted octanol–water partition coefficient (Wildman–Crippen LogP) is 3.70. The van der Waals surface area contributed by atoms with Crippen molar-refractivity contribution in [3.8, 4) is 6.07 Å². The SMILES string of the molecule is CCCC1CCCN(CCCC(C)(C#N)NC2CC2)CC1.